The second-order valence-electron chi connectivity index (χ2n) is 5.87. The van der Waals surface area contributed by atoms with Crippen molar-refractivity contribution < 1.29 is 9.53 Å². The minimum atomic E-state index is -0.458. The summed E-state index contributed by atoms with van der Waals surface area (Å²) in [7, 11) is 3.49. The second kappa shape index (κ2) is 8.03. The molecule has 0 saturated carbocycles. The third-order valence-electron chi connectivity index (χ3n) is 3.97. The highest BCUT2D eigenvalue weighted by molar-refractivity contribution is 9.10. The van der Waals surface area contributed by atoms with Gasteiger partial charge in [-0.25, -0.2) is 4.79 Å². The first-order valence-corrected chi connectivity index (χ1v) is 9.58. The lowest BCUT2D eigenvalue weighted by atomic mass is 10.2. The average molecular weight is 422 g/mol. The molecule has 3 rings (SSSR count). The maximum atomic E-state index is 11.3. The number of aromatic nitrogens is 1. The number of anilines is 1. The van der Waals surface area contributed by atoms with Crippen LogP contribution in [-0.4, -0.2) is 36.3 Å². The van der Waals surface area contributed by atoms with Crippen molar-refractivity contribution in [3.05, 3.63) is 51.3 Å². The second-order valence-corrected chi connectivity index (χ2v) is 7.78. The molecule has 7 heteroatoms. The van der Waals surface area contributed by atoms with Crippen molar-refractivity contribution in [2.45, 2.75) is 13.1 Å². The maximum absolute atomic E-state index is 11.3. The Hall–Kier alpha value is -1.83. The molecule has 5 nitrogen and oxygen atoms in total. The topological polar surface area (TPSA) is 46.5 Å². The number of benzene rings is 1. The number of carbonyl (C=O) groups is 1. The zero-order valence-corrected chi connectivity index (χ0v) is 16.6. The van der Waals surface area contributed by atoms with E-state index in [0.29, 0.717) is 0 Å². The molecule has 2 aromatic heterocycles. The zero-order valence-electron chi connectivity index (χ0n) is 14.2. The summed E-state index contributed by atoms with van der Waals surface area (Å²) in [5, 5.41) is 5.90. The van der Waals surface area contributed by atoms with E-state index >= 15 is 0 Å². The highest BCUT2D eigenvalue weighted by Crippen LogP contribution is 2.22. The molecule has 1 aromatic carbocycles. The molecule has 0 atom stereocenters. The summed E-state index contributed by atoms with van der Waals surface area (Å²) in [4.78, 5) is 15.0. The number of methoxy groups -OCH3 is 1. The summed E-state index contributed by atoms with van der Waals surface area (Å²) in [6.07, 6.45) is 1.63. The van der Waals surface area contributed by atoms with E-state index < -0.39 is 6.09 Å². The molecule has 132 valence electrons. The number of hydrogen-bond acceptors (Lipinski definition) is 4. The number of amides is 1. The Balaban J connectivity index is 1.62. The van der Waals surface area contributed by atoms with Gasteiger partial charge in [0.15, 0.2) is 0 Å². The maximum Gasteiger partial charge on any atom is 0.411 e. The number of nitrogens with zero attached hydrogens (tertiary/aromatic N) is 2. The lowest BCUT2D eigenvalue weighted by Gasteiger charge is -2.16. The standard InChI is InChI=1S/C18H20BrN3O2S/c1-21(11-16-10-14(19)12-25-16)7-8-22-6-5-13-9-15(3-4-17(13)22)20-18(23)24-2/h3-6,9-10,12H,7-8,11H2,1-2H3,(H,20,23). The van der Waals surface area contributed by atoms with Crippen molar-refractivity contribution in [2.75, 3.05) is 26.0 Å². The van der Waals surface area contributed by atoms with Crippen LogP contribution in [0.1, 0.15) is 4.88 Å². The quantitative estimate of drug-likeness (QED) is 0.622. The van der Waals surface area contributed by atoms with Gasteiger partial charge in [0.05, 0.1) is 7.11 Å². The summed E-state index contributed by atoms with van der Waals surface area (Å²) in [5.74, 6) is 0. The Morgan fingerprint density at radius 1 is 1.36 bits per heavy atom. The van der Waals surface area contributed by atoms with Crippen LogP contribution in [0.5, 0.6) is 0 Å². The molecule has 3 aromatic rings. The van der Waals surface area contributed by atoms with Crippen molar-refractivity contribution >= 4 is 50.0 Å². The average Bonchev–Trinajstić information content (AvgIpc) is 3.18. The lowest BCUT2D eigenvalue weighted by molar-refractivity contribution is 0.187. The van der Waals surface area contributed by atoms with Crippen molar-refractivity contribution in [1.82, 2.24) is 9.47 Å². The van der Waals surface area contributed by atoms with Gasteiger partial charge in [-0.15, -0.1) is 11.3 Å². The summed E-state index contributed by atoms with van der Waals surface area (Å²) >= 11 is 5.27. The van der Waals surface area contributed by atoms with Gasteiger partial charge in [0.2, 0.25) is 0 Å². The first kappa shape index (κ1) is 18.0. The number of halogens is 1. The van der Waals surface area contributed by atoms with Gasteiger partial charge >= 0.3 is 6.09 Å². The van der Waals surface area contributed by atoms with Crippen LogP contribution in [0, 0.1) is 0 Å². The molecule has 1 amide bonds. The monoisotopic (exact) mass is 421 g/mol. The van der Waals surface area contributed by atoms with E-state index in [1.165, 1.54) is 12.0 Å². The summed E-state index contributed by atoms with van der Waals surface area (Å²) < 4.78 is 8.00. The number of hydrogen-bond donors (Lipinski definition) is 1. The SMILES string of the molecule is COC(=O)Nc1ccc2c(ccn2CCN(C)Cc2cc(Br)cs2)c1. The Morgan fingerprint density at radius 2 is 2.20 bits per heavy atom. The molecule has 0 aliphatic heterocycles. The van der Waals surface area contributed by atoms with Gasteiger partial charge in [0.1, 0.15) is 0 Å². The minimum Gasteiger partial charge on any atom is -0.453 e. The molecule has 1 N–H and O–H groups in total. The van der Waals surface area contributed by atoms with Gasteiger partial charge in [0.25, 0.3) is 0 Å². The number of carbonyl (C=O) groups excluding carboxylic acids is 1. The van der Waals surface area contributed by atoms with E-state index in [2.05, 4.69) is 66.2 Å². The zero-order chi connectivity index (χ0) is 17.8. The molecule has 0 fully saturated rings. The predicted molar refractivity (Wildman–Crippen MR) is 106 cm³/mol. The van der Waals surface area contributed by atoms with Crippen LogP contribution in [0.2, 0.25) is 0 Å². The highest BCUT2D eigenvalue weighted by atomic mass is 79.9. The molecule has 0 saturated heterocycles. The van der Waals surface area contributed by atoms with Crippen molar-refractivity contribution in [3.8, 4) is 0 Å². The van der Waals surface area contributed by atoms with Gasteiger partial charge in [0, 0.05) is 57.2 Å². The molecular formula is C18H20BrN3O2S. The molecule has 0 bridgehead atoms. The number of nitrogens with one attached hydrogen (secondary N) is 1. The summed E-state index contributed by atoms with van der Waals surface area (Å²) in [5.41, 5.74) is 1.89. The van der Waals surface area contributed by atoms with Crippen LogP contribution < -0.4 is 5.32 Å². The van der Waals surface area contributed by atoms with Crippen LogP contribution in [0.3, 0.4) is 0 Å². The van der Waals surface area contributed by atoms with Crippen LogP contribution >= 0.6 is 27.3 Å². The molecular weight excluding hydrogens is 402 g/mol. The van der Waals surface area contributed by atoms with Crippen LogP contribution in [0.15, 0.2) is 46.4 Å². The number of thiophene rings is 1. The normalized spacial score (nSPS) is 11.2. The van der Waals surface area contributed by atoms with Crippen molar-refractivity contribution in [1.29, 1.82) is 0 Å². The fraction of sp³-hybridized carbons (Fsp3) is 0.278. The van der Waals surface area contributed by atoms with Gasteiger partial charge in [-0.2, -0.15) is 0 Å². The van der Waals surface area contributed by atoms with Crippen LogP contribution in [0.25, 0.3) is 10.9 Å². The molecule has 2 heterocycles. The van der Waals surface area contributed by atoms with Gasteiger partial charge < -0.3 is 9.30 Å². The minimum absolute atomic E-state index is 0.458. The van der Waals surface area contributed by atoms with Crippen molar-refractivity contribution in [3.63, 3.8) is 0 Å². The molecule has 0 aliphatic rings. The van der Waals surface area contributed by atoms with Crippen molar-refractivity contribution in [2.24, 2.45) is 0 Å². The number of rotatable bonds is 6. The van der Waals surface area contributed by atoms with Crippen LogP contribution in [-0.2, 0) is 17.8 Å². The summed E-state index contributed by atoms with van der Waals surface area (Å²) in [6, 6.07) is 10.1. The molecule has 0 spiro atoms. The third-order valence-corrected chi connectivity index (χ3v) is 5.66. The Morgan fingerprint density at radius 3 is 2.92 bits per heavy atom. The first-order valence-electron chi connectivity index (χ1n) is 7.90. The summed E-state index contributed by atoms with van der Waals surface area (Å²) in [6.45, 7) is 2.82. The Labute approximate surface area is 159 Å². The lowest BCUT2D eigenvalue weighted by Crippen LogP contribution is -2.22. The van der Waals surface area contributed by atoms with Gasteiger partial charge in [-0.3, -0.25) is 10.2 Å². The largest absolute Gasteiger partial charge is 0.453 e. The van der Waals surface area contributed by atoms with E-state index in [0.717, 1.165) is 40.7 Å². The predicted octanol–water partition coefficient (Wildman–Crippen LogP) is 4.78. The molecule has 0 radical (unpaired) electrons. The van der Waals surface area contributed by atoms with E-state index in [-0.39, 0.29) is 0 Å². The van der Waals surface area contributed by atoms with Crippen LogP contribution in [0.4, 0.5) is 10.5 Å². The Kier molecular flexibility index (Phi) is 5.78. The fourth-order valence-corrected chi connectivity index (χ4v) is 4.23. The smallest absolute Gasteiger partial charge is 0.411 e. The van der Waals surface area contributed by atoms with E-state index in [1.807, 2.05) is 18.2 Å². The van der Waals surface area contributed by atoms with E-state index in [4.69, 9.17) is 0 Å². The molecule has 0 aliphatic carbocycles. The van der Waals surface area contributed by atoms with E-state index in [9.17, 15) is 4.79 Å². The van der Waals surface area contributed by atoms with Gasteiger partial charge in [-0.05, 0) is 53.3 Å². The molecule has 25 heavy (non-hydrogen) atoms. The number of likely N-dealkylation sites (N-methyl/N-ethyl adjacent to an activating group) is 1. The first-order chi connectivity index (χ1) is 12.0. The highest BCUT2D eigenvalue weighted by Gasteiger charge is 2.07. The van der Waals surface area contributed by atoms with Gasteiger partial charge in [-0.1, -0.05) is 0 Å². The molecule has 0 unspecified atom stereocenters. The Bertz CT molecular complexity index is 874. The number of ether oxygens (including phenoxy) is 1. The third kappa shape index (κ3) is 4.62. The fourth-order valence-electron chi connectivity index (χ4n) is 2.70. The van der Waals surface area contributed by atoms with E-state index in [1.54, 1.807) is 11.3 Å². The number of fused-ring (bicyclic) bond motifs is 1.